The van der Waals surface area contributed by atoms with Crippen LogP contribution in [0.5, 0.6) is 5.75 Å². The van der Waals surface area contributed by atoms with Crippen LogP contribution in [0.15, 0.2) is 62.7 Å². The summed E-state index contributed by atoms with van der Waals surface area (Å²) in [7, 11) is 1.67. The molecule has 0 spiro atoms. The van der Waals surface area contributed by atoms with Gasteiger partial charge in [0.2, 0.25) is 5.91 Å². The van der Waals surface area contributed by atoms with Gasteiger partial charge in [0, 0.05) is 47.5 Å². The zero-order chi connectivity index (χ0) is 21.6. The number of carbonyl (C=O) groups excluding carboxylic acids is 1. The van der Waals surface area contributed by atoms with Crippen molar-refractivity contribution < 1.29 is 9.53 Å². The molecule has 0 N–H and O–H groups in total. The number of thioether (sulfide) groups is 1. The second-order valence-electron chi connectivity index (χ2n) is 7.26. The van der Waals surface area contributed by atoms with Gasteiger partial charge in [-0.05, 0) is 42.0 Å². The maximum atomic E-state index is 12.8. The minimum atomic E-state index is 0.157. The fourth-order valence-electron chi connectivity index (χ4n) is 3.44. The molecule has 8 heteroatoms. The van der Waals surface area contributed by atoms with Crippen LogP contribution in [0.3, 0.4) is 0 Å². The summed E-state index contributed by atoms with van der Waals surface area (Å²) < 4.78 is 7.32. The lowest BCUT2D eigenvalue weighted by atomic mass is 10.2. The van der Waals surface area contributed by atoms with Crippen molar-refractivity contribution in [1.29, 1.82) is 0 Å². The maximum absolute atomic E-state index is 12.8. The van der Waals surface area contributed by atoms with E-state index in [2.05, 4.69) is 62.2 Å². The van der Waals surface area contributed by atoms with Crippen molar-refractivity contribution in [1.82, 2.24) is 9.88 Å². The number of benzene rings is 2. The van der Waals surface area contributed by atoms with E-state index < -0.39 is 0 Å². The number of carbonyl (C=O) groups is 1. The molecule has 0 aliphatic carbocycles. The SMILES string of the molecule is COc1ccc(N2CCN(C(=O)Cc3csc(SCc4ccc(Br)cc4)n3)CC2)cc1. The molecule has 1 aliphatic rings. The number of thiazole rings is 1. The van der Waals surface area contributed by atoms with Crippen molar-refractivity contribution >= 4 is 50.6 Å². The van der Waals surface area contributed by atoms with E-state index in [1.165, 1.54) is 11.3 Å². The largest absolute Gasteiger partial charge is 0.497 e. The molecule has 2 aromatic carbocycles. The fraction of sp³-hybridized carbons (Fsp3) is 0.304. The van der Waals surface area contributed by atoms with E-state index in [0.29, 0.717) is 6.42 Å². The first-order valence-electron chi connectivity index (χ1n) is 10.1. The minimum Gasteiger partial charge on any atom is -0.497 e. The summed E-state index contributed by atoms with van der Waals surface area (Å²) >= 11 is 6.79. The van der Waals surface area contributed by atoms with Gasteiger partial charge in [-0.1, -0.05) is 39.8 Å². The van der Waals surface area contributed by atoms with Gasteiger partial charge < -0.3 is 14.5 Å². The van der Waals surface area contributed by atoms with Crippen LogP contribution in [0.1, 0.15) is 11.3 Å². The smallest absolute Gasteiger partial charge is 0.228 e. The summed E-state index contributed by atoms with van der Waals surface area (Å²) in [6.45, 7) is 3.15. The fourth-order valence-corrected chi connectivity index (χ4v) is 5.50. The van der Waals surface area contributed by atoms with Gasteiger partial charge in [0.1, 0.15) is 10.1 Å². The first-order chi connectivity index (χ1) is 15.1. The number of hydrogen-bond donors (Lipinski definition) is 0. The van der Waals surface area contributed by atoms with E-state index in [4.69, 9.17) is 4.74 Å². The lowest BCUT2D eigenvalue weighted by Gasteiger charge is -2.36. The number of hydrogen-bond acceptors (Lipinski definition) is 6. The van der Waals surface area contributed by atoms with E-state index in [-0.39, 0.29) is 5.91 Å². The summed E-state index contributed by atoms with van der Waals surface area (Å²) in [5, 5.41) is 2.01. The van der Waals surface area contributed by atoms with Gasteiger partial charge in [-0.3, -0.25) is 4.79 Å². The Morgan fingerprint density at radius 1 is 1.10 bits per heavy atom. The molecule has 0 atom stereocenters. The molecule has 2 heterocycles. The predicted molar refractivity (Wildman–Crippen MR) is 131 cm³/mol. The molecule has 1 amide bonds. The number of halogens is 1. The van der Waals surface area contributed by atoms with Gasteiger partial charge in [-0.25, -0.2) is 4.98 Å². The Kier molecular flexibility index (Phi) is 7.53. The number of rotatable bonds is 7. The Morgan fingerprint density at radius 3 is 2.48 bits per heavy atom. The molecule has 4 rings (SSSR count). The van der Waals surface area contributed by atoms with Gasteiger partial charge in [-0.15, -0.1) is 11.3 Å². The molecule has 1 fully saturated rings. The Hall–Kier alpha value is -2.03. The number of piperazine rings is 1. The van der Waals surface area contributed by atoms with Crippen molar-refractivity contribution in [2.45, 2.75) is 16.5 Å². The molecule has 0 radical (unpaired) electrons. The van der Waals surface area contributed by atoms with Crippen LogP contribution < -0.4 is 9.64 Å². The zero-order valence-corrected chi connectivity index (χ0v) is 20.5. The first-order valence-corrected chi connectivity index (χ1v) is 12.7. The Labute approximate surface area is 199 Å². The van der Waals surface area contributed by atoms with Crippen molar-refractivity contribution in [3.63, 3.8) is 0 Å². The van der Waals surface area contributed by atoms with E-state index in [9.17, 15) is 4.79 Å². The van der Waals surface area contributed by atoms with Crippen LogP contribution >= 0.6 is 39.0 Å². The summed E-state index contributed by atoms with van der Waals surface area (Å²) in [6, 6.07) is 16.4. The summed E-state index contributed by atoms with van der Waals surface area (Å²) in [6.07, 6.45) is 0.373. The molecule has 5 nitrogen and oxygen atoms in total. The van der Waals surface area contributed by atoms with Crippen LogP contribution in [-0.4, -0.2) is 49.1 Å². The number of methoxy groups -OCH3 is 1. The van der Waals surface area contributed by atoms with Crippen molar-refractivity contribution in [3.05, 3.63) is 69.6 Å². The van der Waals surface area contributed by atoms with Gasteiger partial charge in [-0.2, -0.15) is 0 Å². The summed E-state index contributed by atoms with van der Waals surface area (Å²) in [5.74, 6) is 1.89. The number of nitrogens with zero attached hydrogens (tertiary/aromatic N) is 3. The molecule has 1 aromatic heterocycles. The van der Waals surface area contributed by atoms with Crippen LogP contribution in [0.4, 0.5) is 5.69 Å². The summed E-state index contributed by atoms with van der Waals surface area (Å²) in [5.41, 5.74) is 3.29. The lowest BCUT2D eigenvalue weighted by molar-refractivity contribution is -0.130. The number of aromatic nitrogens is 1. The number of amides is 1. The Morgan fingerprint density at radius 2 is 1.81 bits per heavy atom. The molecule has 31 heavy (non-hydrogen) atoms. The lowest BCUT2D eigenvalue weighted by Crippen LogP contribution is -2.49. The standard InChI is InChI=1S/C23H24BrN3O2S2/c1-29-21-8-6-20(7-9-21)26-10-12-27(13-11-26)22(28)14-19-16-31-23(25-19)30-15-17-2-4-18(24)5-3-17/h2-9,16H,10-15H2,1H3. The van der Waals surface area contributed by atoms with E-state index in [1.807, 2.05) is 22.4 Å². The Balaban J connectivity index is 1.25. The maximum Gasteiger partial charge on any atom is 0.228 e. The predicted octanol–water partition coefficient (Wildman–Crippen LogP) is 5.10. The van der Waals surface area contributed by atoms with Crippen molar-refractivity contribution in [2.75, 3.05) is 38.2 Å². The average molecular weight is 519 g/mol. The highest BCUT2D eigenvalue weighted by molar-refractivity contribution is 9.10. The average Bonchev–Trinajstić information content (AvgIpc) is 3.26. The molecular formula is C23H24BrN3O2S2. The molecular weight excluding hydrogens is 494 g/mol. The molecule has 1 saturated heterocycles. The van der Waals surface area contributed by atoms with E-state index in [0.717, 1.165) is 52.2 Å². The third kappa shape index (κ3) is 6.02. The molecule has 0 unspecified atom stereocenters. The topological polar surface area (TPSA) is 45.7 Å². The molecule has 1 aliphatic heterocycles. The third-order valence-electron chi connectivity index (χ3n) is 5.21. The second-order valence-corrected chi connectivity index (χ2v) is 10.3. The minimum absolute atomic E-state index is 0.157. The number of ether oxygens (including phenoxy) is 1. The molecule has 162 valence electrons. The zero-order valence-electron chi connectivity index (χ0n) is 17.3. The van der Waals surface area contributed by atoms with Crippen molar-refractivity contribution in [3.8, 4) is 5.75 Å². The van der Waals surface area contributed by atoms with Gasteiger partial charge in [0.15, 0.2) is 0 Å². The summed E-state index contributed by atoms with van der Waals surface area (Å²) in [4.78, 5) is 21.7. The highest BCUT2D eigenvalue weighted by atomic mass is 79.9. The van der Waals surface area contributed by atoms with Crippen molar-refractivity contribution in [2.24, 2.45) is 0 Å². The van der Waals surface area contributed by atoms with Crippen LogP contribution in [0.25, 0.3) is 0 Å². The molecule has 0 bridgehead atoms. The van der Waals surface area contributed by atoms with Gasteiger partial charge in [0.25, 0.3) is 0 Å². The highest BCUT2D eigenvalue weighted by Crippen LogP contribution is 2.27. The van der Waals surface area contributed by atoms with Crippen LogP contribution in [0.2, 0.25) is 0 Å². The number of anilines is 1. The third-order valence-corrected chi connectivity index (χ3v) is 7.88. The van der Waals surface area contributed by atoms with E-state index in [1.54, 1.807) is 30.2 Å². The molecule has 0 saturated carbocycles. The second kappa shape index (κ2) is 10.5. The van der Waals surface area contributed by atoms with Crippen LogP contribution in [0, 0.1) is 0 Å². The van der Waals surface area contributed by atoms with E-state index >= 15 is 0 Å². The Bertz CT molecular complexity index is 1000. The quantitative estimate of drug-likeness (QED) is 0.408. The van der Waals surface area contributed by atoms with Crippen LogP contribution in [-0.2, 0) is 17.0 Å². The highest BCUT2D eigenvalue weighted by Gasteiger charge is 2.22. The molecule has 3 aromatic rings. The van der Waals surface area contributed by atoms with Gasteiger partial charge in [0.05, 0.1) is 19.2 Å². The monoisotopic (exact) mass is 517 g/mol. The van der Waals surface area contributed by atoms with Gasteiger partial charge >= 0.3 is 0 Å². The normalized spacial score (nSPS) is 14.0. The first kappa shape index (κ1) is 22.2.